The molecule has 0 spiro atoms. The van der Waals surface area contributed by atoms with Gasteiger partial charge in [0.15, 0.2) is 0 Å². The van der Waals surface area contributed by atoms with Crippen LogP contribution < -0.4 is 9.80 Å². The second-order valence-corrected chi connectivity index (χ2v) is 25.4. The molecule has 2 heterocycles. The second kappa shape index (κ2) is 19.4. The summed E-state index contributed by atoms with van der Waals surface area (Å²) in [6, 6.07) is 77.3. The van der Waals surface area contributed by atoms with Crippen LogP contribution in [0.1, 0.15) is 101 Å². The smallest absolute Gasteiger partial charge is 0.139 e. The molecule has 15 rings (SSSR count). The molecule has 13 aromatic rings. The fourth-order valence-electron chi connectivity index (χ4n) is 13.7. The van der Waals surface area contributed by atoms with Crippen LogP contribution in [0.25, 0.3) is 87.7 Å². The third-order valence-electron chi connectivity index (χ3n) is 18.1. The molecule has 0 amide bonds. The predicted octanol–water partition coefficient (Wildman–Crippen LogP) is 22.4. The number of para-hydroxylation sites is 2. The zero-order chi connectivity index (χ0) is 55.4. The number of furan rings is 2. The summed E-state index contributed by atoms with van der Waals surface area (Å²) in [6.45, 7) is 13.8. The Morgan fingerprint density at radius 1 is 0.317 bits per heavy atom. The zero-order valence-corrected chi connectivity index (χ0v) is 48.0. The van der Waals surface area contributed by atoms with E-state index in [0.29, 0.717) is 0 Å². The van der Waals surface area contributed by atoms with E-state index >= 15 is 0 Å². The Labute approximate surface area is 481 Å². The van der Waals surface area contributed by atoms with Gasteiger partial charge in [-0.2, -0.15) is 0 Å². The zero-order valence-electron chi connectivity index (χ0n) is 48.0. The summed E-state index contributed by atoms with van der Waals surface area (Å²) in [5.74, 6) is 0. The molecule has 4 nitrogen and oxygen atoms in total. The molecule has 0 N–H and O–H groups in total. The van der Waals surface area contributed by atoms with Gasteiger partial charge in [-0.1, -0.05) is 151 Å². The summed E-state index contributed by atoms with van der Waals surface area (Å²) in [5.41, 5.74) is 24.2. The minimum Gasteiger partial charge on any atom is -0.456 e. The van der Waals surface area contributed by atoms with Gasteiger partial charge in [-0.05, 0) is 219 Å². The van der Waals surface area contributed by atoms with Gasteiger partial charge in [-0.15, -0.1) is 0 Å². The third-order valence-corrected chi connectivity index (χ3v) is 18.1. The van der Waals surface area contributed by atoms with E-state index in [-0.39, 0.29) is 10.8 Å². The highest BCUT2D eigenvalue weighted by Crippen LogP contribution is 2.49. The van der Waals surface area contributed by atoms with Gasteiger partial charge in [-0.3, -0.25) is 0 Å². The number of aryl methyl sites for hydroxylation is 2. The first kappa shape index (κ1) is 50.1. The molecule has 0 atom stereocenters. The Morgan fingerprint density at radius 3 is 1.12 bits per heavy atom. The lowest BCUT2D eigenvalue weighted by Gasteiger charge is -2.31. The molecule has 2 aromatic heterocycles. The van der Waals surface area contributed by atoms with Crippen molar-refractivity contribution < 1.29 is 8.83 Å². The highest BCUT2D eigenvalue weighted by atomic mass is 16.3. The average molecular weight is 1070 g/mol. The van der Waals surface area contributed by atoms with Crippen LogP contribution in [-0.4, -0.2) is 0 Å². The monoisotopic (exact) mass is 1060 g/mol. The number of anilines is 6. The number of hydrogen-bond acceptors (Lipinski definition) is 4. The van der Waals surface area contributed by atoms with E-state index in [0.717, 1.165) is 103 Å². The molecular formula is C78H68N2O2. The minimum absolute atomic E-state index is 0.0765. The normalized spacial score (nSPS) is 13.8. The predicted molar refractivity (Wildman–Crippen MR) is 347 cm³/mol. The second-order valence-electron chi connectivity index (χ2n) is 25.4. The fourth-order valence-corrected chi connectivity index (χ4v) is 13.7. The van der Waals surface area contributed by atoms with Gasteiger partial charge < -0.3 is 18.6 Å². The molecule has 0 saturated heterocycles. The van der Waals surface area contributed by atoms with E-state index in [9.17, 15) is 0 Å². The van der Waals surface area contributed by atoms with Gasteiger partial charge >= 0.3 is 0 Å². The van der Waals surface area contributed by atoms with Crippen molar-refractivity contribution >= 4 is 99.5 Å². The summed E-state index contributed by atoms with van der Waals surface area (Å²) in [5, 5.41) is 8.95. The van der Waals surface area contributed by atoms with Crippen LogP contribution in [0.2, 0.25) is 0 Å². The molecule has 0 aliphatic heterocycles. The molecule has 0 unspecified atom stereocenters. The first-order chi connectivity index (χ1) is 39.9. The van der Waals surface area contributed by atoms with Crippen LogP contribution in [-0.2, 0) is 36.5 Å². The summed E-state index contributed by atoms with van der Waals surface area (Å²) in [4.78, 5) is 4.93. The molecule has 2 aliphatic rings. The van der Waals surface area contributed by atoms with Gasteiger partial charge in [-0.25, -0.2) is 0 Å². The highest BCUT2D eigenvalue weighted by Gasteiger charge is 2.27. The van der Waals surface area contributed by atoms with Crippen molar-refractivity contribution in [2.24, 2.45) is 0 Å². The molecule has 82 heavy (non-hydrogen) atoms. The van der Waals surface area contributed by atoms with E-state index in [2.05, 4.69) is 258 Å². The van der Waals surface area contributed by atoms with Crippen molar-refractivity contribution in [2.75, 3.05) is 9.80 Å². The first-order valence-corrected chi connectivity index (χ1v) is 29.8. The van der Waals surface area contributed by atoms with Gasteiger partial charge in [0.25, 0.3) is 0 Å². The van der Waals surface area contributed by atoms with Crippen molar-refractivity contribution in [1.82, 2.24) is 0 Å². The van der Waals surface area contributed by atoms with Crippen LogP contribution in [0.15, 0.2) is 215 Å². The summed E-state index contributed by atoms with van der Waals surface area (Å²) < 4.78 is 13.7. The first-order valence-electron chi connectivity index (χ1n) is 29.8. The summed E-state index contributed by atoms with van der Waals surface area (Å²) >= 11 is 0. The number of rotatable bonds is 8. The molecule has 4 heteroatoms. The van der Waals surface area contributed by atoms with Crippen LogP contribution in [0.5, 0.6) is 0 Å². The van der Waals surface area contributed by atoms with Crippen LogP contribution in [0, 0.1) is 0 Å². The average Bonchev–Trinajstić information content (AvgIpc) is 4.08. The lowest BCUT2D eigenvalue weighted by Crippen LogP contribution is -2.14. The number of benzene rings is 11. The van der Waals surface area contributed by atoms with Gasteiger partial charge in [0, 0.05) is 61.5 Å². The van der Waals surface area contributed by atoms with Gasteiger partial charge in [0.05, 0.1) is 11.4 Å². The highest BCUT2D eigenvalue weighted by molar-refractivity contribution is 6.18. The fraction of sp³-hybridized carbons (Fsp3) is 0.205. The molecule has 0 radical (unpaired) electrons. The molecule has 0 saturated carbocycles. The number of nitrogens with zero attached hydrogens (tertiary/aromatic N) is 2. The Kier molecular flexibility index (Phi) is 11.9. The van der Waals surface area contributed by atoms with Gasteiger partial charge in [0.1, 0.15) is 22.3 Å². The van der Waals surface area contributed by atoms with Crippen LogP contribution in [0.4, 0.5) is 34.1 Å². The van der Waals surface area contributed by atoms with Gasteiger partial charge in [0.2, 0.25) is 0 Å². The SMILES string of the molecule is CC(C)(C)c1ccc(-c2c(N(c3ccccc3)c3ccc4cc5c(cc4c3)oc3cc4oc6cc7cc(N(c8ccccc8)c8ccc9c(c8-c8ccc(C(C)(C)C)cc8)CCCC9)ccc7cc6c4cc35)ccc3c2CCCC3)cc1. The van der Waals surface area contributed by atoms with Crippen molar-refractivity contribution in [3.05, 3.63) is 240 Å². The molecule has 0 bridgehead atoms. The summed E-state index contributed by atoms with van der Waals surface area (Å²) in [7, 11) is 0. The number of fused-ring (bicyclic) bond motifs is 10. The van der Waals surface area contributed by atoms with E-state index in [1.54, 1.807) is 0 Å². The summed E-state index contributed by atoms with van der Waals surface area (Å²) in [6.07, 6.45) is 9.30. The Morgan fingerprint density at radius 2 is 0.707 bits per heavy atom. The Balaban J connectivity index is 0.817. The quantitative estimate of drug-likeness (QED) is 0.152. The van der Waals surface area contributed by atoms with E-state index in [1.807, 2.05) is 0 Å². The molecule has 2 aliphatic carbocycles. The molecule has 0 fully saturated rings. The van der Waals surface area contributed by atoms with E-state index < -0.39 is 0 Å². The van der Waals surface area contributed by atoms with Crippen molar-refractivity contribution in [3.63, 3.8) is 0 Å². The maximum absolute atomic E-state index is 6.83. The van der Waals surface area contributed by atoms with Crippen molar-refractivity contribution in [1.29, 1.82) is 0 Å². The Hall–Kier alpha value is -8.86. The molecule has 11 aromatic carbocycles. The largest absolute Gasteiger partial charge is 0.456 e. The molecular weight excluding hydrogens is 997 g/mol. The van der Waals surface area contributed by atoms with Crippen molar-refractivity contribution in [3.8, 4) is 22.3 Å². The lowest BCUT2D eigenvalue weighted by atomic mass is 9.82. The molecule has 402 valence electrons. The maximum Gasteiger partial charge on any atom is 0.139 e. The minimum atomic E-state index is 0.0765. The third kappa shape index (κ3) is 8.65. The van der Waals surface area contributed by atoms with Crippen LogP contribution in [0.3, 0.4) is 0 Å². The topological polar surface area (TPSA) is 32.8 Å². The van der Waals surface area contributed by atoms with Crippen molar-refractivity contribution in [2.45, 2.75) is 104 Å². The lowest BCUT2D eigenvalue weighted by molar-refractivity contribution is 0.590. The van der Waals surface area contributed by atoms with E-state index in [1.165, 1.54) is 103 Å². The van der Waals surface area contributed by atoms with Crippen LogP contribution >= 0.6 is 0 Å². The maximum atomic E-state index is 6.83. The van der Waals surface area contributed by atoms with E-state index in [4.69, 9.17) is 8.83 Å². The number of hydrogen-bond donors (Lipinski definition) is 0. The Bertz CT molecular complexity index is 4330. The standard InChI is InChI=1S/C78H68N2O2/c1-77(2,3)57-33-25-51(26-34-57)75-63-23-15-13-17-49(63)31-39-69(75)79(59-19-9-7-10-20-59)61-37-29-53-43-65-67-47-68-66-44-54-30-38-62(42-56(54)46-72(66)82-74(68)48-73(67)81-71(65)45-55(53)41-61)80(60-21-11-8-12-22-60)70-40-32-50-18-14-16-24-64(50)76(70)52-27-35-58(36-28-52)78(4,5)6/h7-12,19-22,25-48H,13-18,23-24H2,1-6H3.